The standard InChI is InChI=1S/C10H14Br2ClNO2S2/c1-14(6-4-2-3-5-11)18(15,16)9-7-8(13)10(12)17-9/h7H,2-6H2,1H3. The van der Waals surface area contributed by atoms with Gasteiger partial charge in [-0.25, -0.2) is 12.7 Å². The summed E-state index contributed by atoms with van der Waals surface area (Å²) >= 11 is 13.6. The molecular weight excluding hydrogens is 426 g/mol. The van der Waals surface area contributed by atoms with Gasteiger partial charge in [0.1, 0.15) is 4.21 Å². The van der Waals surface area contributed by atoms with Gasteiger partial charge in [-0.1, -0.05) is 34.0 Å². The van der Waals surface area contributed by atoms with Gasteiger partial charge in [0.05, 0.1) is 8.81 Å². The van der Waals surface area contributed by atoms with Crippen LogP contribution in [0.5, 0.6) is 0 Å². The third-order valence-corrected chi connectivity index (χ3v) is 7.74. The minimum absolute atomic E-state index is 0.280. The summed E-state index contributed by atoms with van der Waals surface area (Å²) in [6, 6.07) is 1.49. The Balaban J connectivity index is 2.68. The molecule has 0 radical (unpaired) electrons. The first-order valence-electron chi connectivity index (χ1n) is 5.36. The first-order chi connectivity index (χ1) is 8.39. The van der Waals surface area contributed by atoms with Gasteiger partial charge in [-0.2, -0.15) is 0 Å². The maximum absolute atomic E-state index is 12.2. The number of alkyl halides is 1. The lowest BCUT2D eigenvalue weighted by atomic mass is 10.2. The smallest absolute Gasteiger partial charge is 0.206 e. The van der Waals surface area contributed by atoms with Gasteiger partial charge in [-0.15, -0.1) is 11.3 Å². The molecule has 0 saturated carbocycles. The van der Waals surface area contributed by atoms with Crippen LogP contribution in [0, 0.1) is 0 Å². The third-order valence-electron chi connectivity index (χ3n) is 2.39. The zero-order chi connectivity index (χ0) is 13.8. The monoisotopic (exact) mass is 437 g/mol. The average Bonchev–Trinajstić information content (AvgIpc) is 2.65. The van der Waals surface area contributed by atoms with E-state index in [1.807, 2.05) is 0 Å². The highest BCUT2D eigenvalue weighted by molar-refractivity contribution is 9.11. The Bertz CT molecular complexity index is 471. The summed E-state index contributed by atoms with van der Waals surface area (Å²) in [6.07, 6.45) is 2.94. The van der Waals surface area contributed by atoms with Crippen LogP contribution in [0.1, 0.15) is 19.3 Å². The van der Waals surface area contributed by atoms with Crippen molar-refractivity contribution in [2.45, 2.75) is 23.5 Å². The molecule has 0 atom stereocenters. The van der Waals surface area contributed by atoms with Crippen LogP contribution < -0.4 is 0 Å². The minimum Gasteiger partial charge on any atom is -0.206 e. The molecule has 3 nitrogen and oxygen atoms in total. The van der Waals surface area contributed by atoms with Crippen molar-refractivity contribution in [1.29, 1.82) is 0 Å². The van der Waals surface area contributed by atoms with Crippen molar-refractivity contribution in [3.63, 3.8) is 0 Å². The first-order valence-corrected chi connectivity index (χ1v) is 9.91. The largest absolute Gasteiger partial charge is 0.252 e. The van der Waals surface area contributed by atoms with Crippen LogP contribution in [0.2, 0.25) is 5.02 Å². The zero-order valence-corrected chi connectivity index (χ0v) is 15.4. The molecule has 0 aliphatic heterocycles. The Morgan fingerprint density at radius 1 is 1.39 bits per heavy atom. The topological polar surface area (TPSA) is 37.4 Å². The first kappa shape index (κ1) is 16.9. The molecule has 0 aliphatic rings. The van der Waals surface area contributed by atoms with Crippen molar-refractivity contribution < 1.29 is 8.42 Å². The summed E-state index contributed by atoms with van der Waals surface area (Å²) in [6.45, 7) is 0.530. The molecule has 1 heterocycles. The molecule has 1 aromatic heterocycles. The molecule has 8 heteroatoms. The Labute approximate surface area is 134 Å². The van der Waals surface area contributed by atoms with Gasteiger partial charge in [-0.05, 0) is 34.8 Å². The molecule has 104 valence electrons. The highest BCUT2D eigenvalue weighted by atomic mass is 79.9. The molecule has 0 saturated heterocycles. The van der Waals surface area contributed by atoms with Gasteiger partial charge in [0, 0.05) is 18.9 Å². The molecule has 1 rings (SSSR count). The Morgan fingerprint density at radius 3 is 2.56 bits per heavy atom. The lowest BCUT2D eigenvalue weighted by molar-refractivity contribution is 0.456. The highest BCUT2D eigenvalue weighted by Crippen LogP contribution is 2.35. The second kappa shape index (κ2) is 7.59. The number of sulfonamides is 1. The molecule has 0 aliphatic carbocycles. The van der Waals surface area contributed by atoms with E-state index in [-0.39, 0.29) is 4.21 Å². The second-order valence-corrected chi connectivity index (χ2v) is 9.61. The van der Waals surface area contributed by atoms with Crippen molar-refractivity contribution in [1.82, 2.24) is 4.31 Å². The Morgan fingerprint density at radius 2 is 2.06 bits per heavy atom. The van der Waals surface area contributed by atoms with E-state index in [2.05, 4.69) is 31.9 Å². The Kier molecular flexibility index (Phi) is 7.13. The van der Waals surface area contributed by atoms with E-state index in [1.165, 1.54) is 10.4 Å². The zero-order valence-electron chi connectivity index (χ0n) is 9.83. The van der Waals surface area contributed by atoms with Crippen LogP contribution in [-0.4, -0.2) is 31.6 Å². The van der Waals surface area contributed by atoms with Gasteiger partial charge in [0.2, 0.25) is 0 Å². The number of nitrogens with zero attached hydrogens (tertiary/aromatic N) is 1. The van der Waals surface area contributed by atoms with Crippen LogP contribution in [-0.2, 0) is 10.0 Å². The number of rotatable bonds is 7. The van der Waals surface area contributed by atoms with E-state index < -0.39 is 10.0 Å². The number of thiophene rings is 1. The lowest BCUT2D eigenvalue weighted by Crippen LogP contribution is -2.27. The predicted molar refractivity (Wildman–Crippen MR) is 84.5 cm³/mol. The van der Waals surface area contributed by atoms with Crippen molar-refractivity contribution in [2.75, 3.05) is 18.9 Å². The van der Waals surface area contributed by atoms with Gasteiger partial charge >= 0.3 is 0 Å². The molecule has 1 aromatic rings. The maximum Gasteiger partial charge on any atom is 0.252 e. The van der Waals surface area contributed by atoms with Gasteiger partial charge < -0.3 is 0 Å². The molecular formula is C10H14Br2ClNO2S2. The molecule has 0 amide bonds. The maximum atomic E-state index is 12.2. The Hall–Kier alpha value is 0.860. The van der Waals surface area contributed by atoms with Crippen molar-refractivity contribution in [2.24, 2.45) is 0 Å². The summed E-state index contributed by atoms with van der Waals surface area (Å²) in [5, 5.41) is 1.39. The minimum atomic E-state index is -3.40. The summed E-state index contributed by atoms with van der Waals surface area (Å²) in [5.41, 5.74) is 0. The second-order valence-electron chi connectivity index (χ2n) is 3.76. The highest BCUT2D eigenvalue weighted by Gasteiger charge is 2.23. The number of unbranched alkanes of at least 4 members (excludes halogenated alkanes) is 2. The number of hydrogen-bond donors (Lipinski definition) is 0. The SMILES string of the molecule is CN(CCCCCBr)S(=O)(=O)c1cc(Cl)c(Br)s1. The van der Waals surface area contributed by atoms with Crippen molar-refractivity contribution in [3.05, 3.63) is 14.9 Å². The van der Waals surface area contributed by atoms with E-state index >= 15 is 0 Å². The normalized spacial score (nSPS) is 12.3. The molecule has 0 bridgehead atoms. The third kappa shape index (κ3) is 4.45. The van der Waals surface area contributed by atoms with Crippen molar-refractivity contribution in [3.8, 4) is 0 Å². The predicted octanol–water partition coefficient (Wildman–Crippen LogP) is 4.35. The number of hydrogen-bond acceptors (Lipinski definition) is 3. The van der Waals surface area contributed by atoms with E-state index in [1.54, 1.807) is 7.05 Å². The van der Waals surface area contributed by atoms with Gasteiger partial charge in [-0.3, -0.25) is 0 Å². The molecule has 0 fully saturated rings. The average molecular weight is 440 g/mol. The fourth-order valence-corrected chi connectivity index (χ4v) is 5.55. The summed E-state index contributed by atoms with van der Waals surface area (Å²) in [4.78, 5) is 0. The fraction of sp³-hybridized carbons (Fsp3) is 0.600. The van der Waals surface area contributed by atoms with Gasteiger partial charge in [0.25, 0.3) is 10.0 Å². The molecule has 0 N–H and O–H groups in total. The lowest BCUT2D eigenvalue weighted by Gasteiger charge is -2.15. The molecule has 18 heavy (non-hydrogen) atoms. The van der Waals surface area contributed by atoms with Crippen LogP contribution in [0.25, 0.3) is 0 Å². The molecule has 0 spiro atoms. The molecule has 0 aromatic carbocycles. The van der Waals surface area contributed by atoms with Crippen LogP contribution in [0.15, 0.2) is 14.1 Å². The van der Waals surface area contributed by atoms with E-state index in [0.29, 0.717) is 15.4 Å². The van der Waals surface area contributed by atoms with E-state index in [0.717, 1.165) is 35.9 Å². The van der Waals surface area contributed by atoms with Gasteiger partial charge in [0.15, 0.2) is 0 Å². The van der Waals surface area contributed by atoms with E-state index in [9.17, 15) is 8.42 Å². The van der Waals surface area contributed by atoms with Crippen molar-refractivity contribution >= 4 is 64.8 Å². The fourth-order valence-electron chi connectivity index (χ4n) is 1.33. The van der Waals surface area contributed by atoms with Crippen LogP contribution in [0.3, 0.4) is 0 Å². The quantitative estimate of drug-likeness (QED) is 0.468. The summed E-state index contributed by atoms with van der Waals surface area (Å²) in [5.74, 6) is 0. The number of halogens is 3. The summed E-state index contributed by atoms with van der Waals surface area (Å²) in [7, 11) is -1.80. The summed E-state index contributed by atoms with van der Waals surface area (Å²) < 4.78 is 26.7. The van der Waals surface area contributed by atoms with Crippen LogP contribution in [0.4, 0.5) is 0 Å². The van der Waals surface area contributed by atoms with Crippen LogP contribution >= 0.6 is 54.8 Å². The molecule has 0 unspecified atom stereocenters. The van der Waals surface area contributed by atoms with E-state index in [4.69, 9.17) is 11.6 Å².